The largest absolute Gasteiger partial charge is 0.355 e. The van der Waals surface area contributed by atoms with Gasteiger partial charge < -0.3 is 5.32 Å². The maximum Gasteiger partial charge on any atom is 0.183 e. The minimum absolute atomic E-state index is 0.0719. The number of rotatable bonds is 3. The van der Waals surface area contributed by atoms with Crippen LogP contribution in [0.4, 0.5) is 9.52 Å². The van der Waals surface area contributed by atoms with Crippen LogP contribution in [0.15, 0.2) is 35.8 Å². The molecule has 0 amide bonds. The van der Waals surface area contributed by atoms with Crippen LogP contribution in [0.5, 0.6) is 0 Å². The Hall–Kier alpha value is -1.42. The lowest BCUT2D eigenvalue weighted by Gasteiger charge is -2.13. The lowest BCUT2D eigenvalue weighted by Crippen LogP contribution is -2.07. The van der Waals surface area contributed by atoms with Gasteiger partial charge in [-0.05, 0) is 13.0 Å². The third-order valence-electron chi connectivity index (χ3n) is 2.14. The van der Waals surface area contributed by atoms with Gasteiger partial charge in [0.05, 0.1) is 6.04 Å². The summed E-state index contributed by atoms with van der Waals surface area (Å²) in [6.07, 6.45) is 1.72. The van der Waals surface area contributed by atoms with Gasteiger partial charge in [0.15, 0.2) is 5.13 Å². The van der Waals surface area contributed by atoms with Gasteiger partial charge in [-0.3, -0.25) is 0 Å². The Morgan fingerprint density at radius 3 is 2.87 bits per heavy atom. The smallest absolute Gasteiger partial charge is 0.183 e. The first-order valence-corrected chi connectivity index (χ1v) is 5.56. The SMILES string of the molecule is CC(Nc1nccs1)c1ccccc1F. The quantitative estimate of drug-likeness (QED) is 0.860. The first-order valence-electron chi connectivity index (χ1n) is 4.68. The molecule has 1 aromatic heterocycles. The number of hydrogen-bond donors (Lipinski definition) is 1. The van der Waals surface area contributed by atoms with Crippen molar-refractivity contribution >= 4 is 16.5 Å². The molecule has 0 fully saturated rings. The number of aromatic nitrogens is 1. The van der Waals surface area contributed by atoms with E-state index in [1.807, 2.05) is 18.4 Å². The molecular weight excluding hydrogens is 211 g/mol. The molecule has 1 unspecified atom stereocenters. The van der Waals surface area contributed by atoms with Crippen molar-refractivity contribution < 1.29 is 4.39 Å². The summed E-state index contributed by atoms with van der Waals surface area (Å²) >= 11 is 1.51. The molecule has 1 aromatic carbocycles. The Morgan fingerprint density at radius 2 is 2.20 bits per heavy atom. The minimum atomic E-state index is -0.186. The summed E-state index contributed by atoms with van der Waals surface area (Å²) in [6.45, 7) is 1.92. The lowest BCUT2D eigenvalue weighted by atomic mass is 10.1. The van der Waals surface area contributed by atoms with E-state index in [-0.39, 0.29) is 11.9 Å². The fraction of sp³-hybridized carbons (Fsp3) is 0.182. The van der Waals surface area contributed by atoms with Crippen molar-refractivity contribution in [3.05, 3.63) is 47.2 Å². The number of halogens is 1. The highest BCUT2D eigenvalue weighted by atomic mass is 32.1. The first-order chi connectivity index (χ1) is 7.27. The van der Waals surface area contributed by atoms with E-state index in [2.05, 4.69) is 10.3 Å². The van der Waals surface area contributed by atoms with Crippen LogP contribution in [0.2, 0.25) is 0 Å². The second-order valence-electron chi connectivity index (χ2n) is 3.22. The van der Waals surface area contributed by atoms with E-state index in [9.17, 15) is 4.39 Å². The molecule has 2 rings (SSSR count). The zero-order valence-corrected chi connectivity index (χ0v) is 9.09. The molecule has 0 aliphatic heterocycles. The number of nitrogens with one attached hydrogen (secondary N) is 1. The summed E-state index contributed by atoms with van der Waals surface area (Å²) in [5.41, 5.74) is 0.660. The Kier molecular flexibility index (Phi) is 2.97. The van der Waals surface area contributed by atoms with Crippen LogP contribution < -0.4 is 5.32 Å². The average Bonchev–Trinajstić information content (AvgIpc) is 2.71. The Labute approximate surface area is 91.8 Å². The van der Waals surface area contributed by atoms with Crippen molar-refractivity contribution in [1.82, 2.24) is 4.98 Å². The van der Waals surface area contributed by atoms with E-state index in [4.69, 9.17) is 0 Å². The van der Waals surface area contributed by atoms with Gasteiger partial charge in [-0.15, -0.1) is 11.3 Å². The topological polar surface area (TPSA) is 24.9 Å². The predicted octanol–water partition coefficient (Wildman–Crippen LogP) is 3.46. The van der Waals surface area contributed by atoms with E-state index in [0.717, 1.165) is 5.13 Å². The van der Waals surface area contributed by atoms with E-state index < -0.39 is 0 Å². The van der Waals surface area contributed by atoms with Gasteiger partial charge in [0.2, 0.25) is 0 Å². The van der Waals surface area contributed by atoms with Gasteiger partial charge in [0, 0.05) is 17.1 Å². The molecule has 0 saturated carbocycles. The lowest BCUT2D eigenvalue weighted by molar-refractivity contribution is 0.600. The average molecular weight is 222 g/mol. The standard InChI is InChI=1S/C11H11FN2S/c1-8(14-11-13-6-7-15-11)9-4-2-3-5-10(9)12/h2-8H,1H3,(H,13,14). The maximum absolute atomic E-state index is 13.4. The molecule has 0 aliphatic rings. The van der Waals surface area contributed by atoms with Crippen molar-refractivity contribution in [1.29, 1.82) is 0 Å². The summed E-state index contributed by atoms with van der Waals surface area (Å²) in [5.74, 6) is -0.186. The first kappa shape index (κ1) is 10.1. The number of benzene rings is 1. The fourth-order valence-electron chi connectivity index (χ4n) is 1.38. The van der Waals surface area contributed by atoms with Crippen molar-refractivity contribution in [2.24, 2.45) is 0 Å². The van der Waals surface area contributed by atoms with Crippen LogP contribution in [0.3, 0.4) is 0 Å². The Balaban J connectivity index is 2.15. The van der Waals surface area contributed by atoms with Crippen LogP contribution in [0.1, 0.15) is 18.5 Å². The normalized spacial score (nSPS) is 12.4. The summed E-state index contributed by atoms with van der Waals surface area (Å²) in [7, 11) is 0. The van der Waals surface area contributed by atoms with E-state index in [1.54, 1.807) is 18.3 Å². The fourth-order valence-corrected chi connectivity index (χ4v) is 2.00. The molecule has 15 heavy (non-hydrogen) atoms. The summed E-state index contributed by atoms with van der Waals surface area (Å²) in [4.78, 5) is 4.10. The van der Waals surface area contributed by atoms with Crippen molar-refractivity contribution in [3.8, 4) is 0 Å². The van der Waals surface area contributed by atoms with Crippen LogP contribution in [0, 0.1) is 5.82 Å². The summed E-state index contributed by atoms with van der Waals surface area (Å²) in [5, 5.41) is 5.84. The van der Waals surface area contributed by atoms with Gasteiger partial charge in [-0.2, -0.15) is 0 Å². The zero-order valence-electron chi connectivity index (χ0n) is 8.27. The molecule has 0 bridgehead atoms. The van der Waals surface area contributed by atoms with E-state index in [0.29, 0.717) is 5.56 Å². The van der Waals surface area contributed by atoms with Crippen LogP contribution in [0.25, 0.3) is 0 Å². The second-order valence-corrected chi connectivity index (χ2v) is 4.12. The molecule has 1 atom stereocenters. The third kappa shape index (κ3) is 2.33. The third-order valence-corrected chi connectivity index (χ3v) is 2.85. The highest BCUT2D eigenvalue weighted by Gasteiger charge is 2.10. The zero-order chi connectivity index (χ0) is 10.7. The van der Waals surface area contributed by atoms with Crippen molar-refractivity contribution in [3.63, 3.8) is 0 Å². The van der Waals surface area contributed by atoms with Crippen LogP contribution >= 0.6 is 11.3 Å². The highest BCUT2D eigenvalue weighted by molar-refractivity contribution is 7.13. The van der Waals surface area contributed by atoms with Crippen molar-refractivity contribution in [2.45, 2.75) is 13.0 Å². The summed E-state index contributed by atoms with van der Waals surface area (Å²) < 4.78 is 13.4. The summed E-state index contributed by atoms with van der Waals surface area (Å²) in [6, 6.07) is 6.70. The Bertz CT molecular complexity index is 428. The molecule has 0 aliphatic carbocycles. The number of nitrogens with zero attached hydrogens (tertiary/aromatic N) is 1. The van der Waals surface area contributed by atoms with E-state index in [1.165, 1.54) is 17.4 Å². The van der Waals surface area contributed by atoms with Gasteiger partial charge in [0.1, 0.15) is 5.82 Å². The highest BCUT2D eigenvalue weighted by Crippen LogP contribution is 2.22. The number of thiazole rings is 1. The molecule has 78 valence electrons. The Morgan fingerprint density at radius 1 is 1.40 bits per heavy atom. The minimum Gasteiger partial charge on any atom is -0.355 e. The van der Waals surface area contributed by atoms with Gasteiger partial charge in [-0.25, -0.2) is 9.37 Å². The number of anilines is 1. The molecule has 1 heterocycles. The second kappa shape index (κ2) is 4.40. The molecular formula is C11H11FN2S. The van der Waals surface area contributed by atoms with Gasteiger partial charge in [0.25, 0.3) is 0 Å². The van der Waals surface area contributed by atoms with Gasteiger partial charge >= 0.3 is 0 Å². The van der Waals surface area contributed by atoms with Gasteiger partial charge in [-0.1, -0.05) is 18.2 Å². The van der Waals surface area contributed by atoms with Crippen molar-refractivity contribution in [2.75, 3.05) is 5.32 Å². The maximum atomic E-state index is 13.4. The van der Waals surface area contributed by atoms with Crippen LogP contribution in [-0.2, 0) is 0 Å². The molecule has 0 saturated heterocycles. The molecule has 2 aromatic rings. The molecule has 0 spiro atoms. The van der Waals surface area contributed by atoms with Crippen LogP contribution in [-0.4, -0.2) is 4.98 Å². The molecule has 4 heteroatoms. The number of hydrogen-bond acceptors (Lipinski definition) is 3. The monoisotopic (exact) mass is 222 g/mol. The molecule has 1 N–H and O–H groups in total. The molecule has 0 radical (unpaired) electrons. The van der Waals surface area contributed by atoms with E-state index >= 15 is 0 Å². The molecule has 2 nitrogen and oxygen atoms in total. The predicted molar refractivity (Wildman–Crippen MR) is 60.6 cm³/mol.